The molecule has 130 valence electrons. The lowest BCUT2D eigenvalue weighted by Gasteiger charge is -2.24. The molecule has 2 aromatic rings. The van der Waals surface area contributed by atoms with Crippen LogP contribution in [0.1, 0.15) is 49.4 Å². The van der Waals surface area contributed by atoms with Gasteiger partial charge < -0.3 is 10.3 Å². The number of carbonyl (C=O) groups is 1. The van der Waals surface area contributed by atoms with Crippen LogP contribution in [0.2, 0.25) is 0 Å². The lowest BCUT2D eigenvalue weighted by molar-refractivity contribution is -0.126. The van der Waals surface area contributed by atoms with Gasteiger partial charge in [-0.05, 0) is 63.0 Å². The molecule has 4 heteroatoms. The maximum atomic E-state index is 12.6. The molecule has 1 aliphatic heterocycles. The molecule has 2 N–H and O–H groups in total. The van der Waals surface area contributed by atoms with Crippen molar-refractivity contribution in [2.24, 2.45) is 0 Å². The first kappa shape index (κ1) is 17.0. The molecule has 1 amide bonds. The minimum atomic E-state index is 0.0249. The van der Waals surface area contributed by atoms with E-state index in [0.29, 0.717) is 6.54 Å². The molecule has 1 aromatic heterocycles. The van der Waals surface area contributed by atoms with Crippen molar-refractivity contribution in [1.29, 1.82) is 0 Å². The minimum Gasteiger partial charge on any atom is -0.358 e. The zero-order chi connectivity index (χ0) is 17.1. The van der Waals surface area contributed by atoms with E-state index in [9.17, 15) is 4.79 Å². The van der Waals surface area contributed by atoms with Crippen molar-refractivity contribution in [3.63, 3.8) is 0 Å². The predicted octanol–water partition coefficient (Wildman–Crippen LogP) is 3.53. The lowest BCUT2D eigenvalue weighted by atomic mass is 10.1. The molecule has 0 saturated carbocycles. The summed E-state index contributed by atoms with van der Waals surface area (Å²) in [7, 11) is 2.07. The lowest BCUT2D eigenvalue weighted by Crippen LogP contribution is -2.44. The van der Waals surface area contributed by atoms with Crippen LogP contribution in [-0.2, 0) is 17.8 Å². The zero-order valence-corrected chi connectivity index (χ0v) is 15.1. The number of likely N-dealkylation sites (tertiary alicyclic amines) is 1. The molecule has 0 aliphatic carbocycles. The number of hydrogen-bond donors (Lipinski definition) is 2. The van der Waals surface area contributed by atoms with Crippen LogP contribution >= 0.6 is 0 Å². The van der Waals surface area contributed by atoms with Crippen LogP contribution in [0.15, 0.2) is 18.2 Å². The Morgan fingerprint density at radius 2 is 2.17 bits per heavy atom. The van der Waals surface area contributed by atoms with E-state index in [1.54, 1.807) is 0 Å². The monoisotopic (exact) mass is 327 g/mol. The second-order valence-electron chi connectivity index (χ2n) is 7.03. The largest absolute Gasteiger partial charge is 0.358 e. The first-order chi connectivity index (χ1) is 11.6. The number of aromatic amines is 1. The summed E-state index contributed by atoms with van der Waals surface area (Å²) in [5.41, 5.74) is 4.97. The molecule has 1 saturated heterocycles. The van der Waals surface area contributed by atoms with Gasteiger partial charge in [0.15, 0.2) is 0 Å². The molecule has 24 heavy (non-hydrogen) atoms. The standard InChI is InChI=1S/C20H29N3O/c1-4-17-14(2)16-12-15(9-10-18(16)22-17)13-21-20(24)19-8-6-5-7-11-23(19)3/h9-10,12,19,22H,4-8,11,13H2,1-3H3,(H,21,24). The van der Waals surface area contributed by atoms with Crippen molar-refractivity contribution < 1.29 is 4.79 Å². The van der Waals surface area contributed by atoms with Crippen molar-refractivity contribution in [2.45, 2.75) is 58.5 Å². The summed E-state index contributed by atoms with van der Waals surface area (Å²) in [4.78, 5) is 18.2. The first-order valence-corrected chi connectivity index (χ1v) is 9.18. The van der Waals surface area contributed by atoms with Crippen molar-refractivity contribution >= 4 is 16.8 Å². The molecule has 1 aliphatic rings. The number of likely N-dealkylation sites (N-methyl/N-ethyl adjacent to an activating group) is 1. The number of nitrogens with zero attached hydrogens (tertiary/aromatic N) is 1. The third kappa shape index (κ3) is 3.48. The van der Waals surface area contributed by atoms with Crippen molar-refractivity contribution in [3.8, 4) is 0 Å². The normalized spacial score (nSPS) is 19.4. The maximum Gasteiger partial charge on any atom is 0.237 e. The van der Waals surface area contributed by atoms with Gasteiger partial charge in [0.1, 0.15) is 0 Å². The number of nitrogens with one attached hydrogen (secondary N) is 2. The fourth-order valence-electron chi connectivity index (χ4n) is 3.78. The topological polar surface area (TPSA) is 48.1 Å². The number of aromatic nitrogens is 1. The number of H-pyrrole nitrogens is 1. The van der Waals surface area contributed by atoms with Crippen molar-refractivity contribution in [2.75, 3.05) is 13.6 Å². The molecule has 0 bridgehead atoms. The van der Waals surface area contributed by atoms with Gasteiger partial charge in [-0.3, -0.25) is 9.69 Å². The van der Waals surface area contributed by atoms with Gasteiger partial charge in [-0.2, -0.15) is 0 Å². The molecule has 1 atom stereocenters. The summed E-state index contributed by atoms with van der Waals surface area (Å²) in [5.74, 6) is 0.166. The maximum absolute atomic E-state index is 12.6. The van der Waals surface area contributed by atoms with Crippen LogP contribution < -0.4 is 5.32 Å². The van der Waals surface area contributed by atoms with Crippen LogP contribution in [0.5, 0.6) is 0 Å². The Morgan fingerprint density at radius 3 is 2.96 bits per heavy atom. The van der Waals surface area contributed by atoms with Crippen LogP contribution in [0.25, 0.3) is 10.9 Å². The summed E-state index contributed by atoms with van der Waals surface area (Å²) >= 11 is 0. The molecule has 1 unspecified atom stereocenters. The van der Waals surface area contributed by atoms with E-state index in [1.165, 1.54) is 35.0 Å². The van der Waals surface area contributed by atoms with Crippen molar-refractivity contribution in [3.05, 3.63) is 35.0 Å². The summed E-state index contributed by atoms with van der Waals surface area (Å²) in [6.45, 7) is 5.96. The molecule has 4 nitrogen and oxygen atoms in total. The average molecular weight is 327 g/mol. The predicted molar refractivity (Wildman–Crippen MR) is 99.1 cm³/mol. The highest BCUT2D eigenvalue weighted by molar-refractivity contribution is 5.85. The van der Waals surface area contributed by atoms with E-state index >= 15 is 0 Å². The Hall–Kier alpha value is -1.81. The molecular formula is C20H29N3O. The van der Waals surface area contributed by atoms with Crippen LogP contribution in [-0.4, -0.2) is 35.4 Å². The van der Waals surface area contributed by atoms with Gasteiger partial charge in [-0.25, -0.2) is 0 Å². The molecular weight excluding hydrogens is 298 g/mol. The van der Waals surface area contributed by atoms with E-state index in [4.69, 9.17) is 0 Å². The van der Waals surface area contributed by atoms with Gasteiger partial charge in [0.2, 0.25) is 5.91 Å². The quantitative estimate of drug-likeness (QED) is 0.902. The average Bonchev–Trinajstić information content (AvgIpc) is 2.75. The van der Waals surface area contributed by atoms with Gasteiger partial charge >= 0.3 is 0 Å². The van der Waals surface area contributed by atoms with Crippen LogP contribution in [0.4, 0.5) is 0 Å². The molecule has 0 radical (unpaired) electrons. The number of benzene rings is 1. The smallest absolute Gasteiger partial charge is 0.237 e. The Balaban J connectivity index is 1.68. The number of rotatable bonds is 4. The fourth-order valence-corrected chi connectivity index (χ4v) is 3.78. The Bertz CT molecular complexity index is 719. The van der Waals surface area contributed by atoms with E-state index < -0.39 is 0 Å². The summed E-state index contributed by atoms with van der Waals surface area (Å²) < 4.78 is 0. The Kier molecular flexibility index (Phi) is 5.24. The zero-order valence-electron chi connectivity index (χ0n) is 15.1. The van der Waals surface area contributed by atoms with E-state index in [0.717, 1.165) is 31.4 Å². The van der Waals surface area contributed by atoms with Gasteiger partial charge in [0.05, 0.1) is 6.04 Å². The molecule has 0 spiro atoms. The highest BCUT2D eigenvalue weighted by atomic mass is 16.2. The molecule has 2 heterocycles. The number of amides is 1. The third-order valence-corrected chi connectivity index (χ3v) is 5.37. The molecule has 1 aromatic carbocycles. The SMILES string of the molecule is CCc1[nH]c2ccc(CNC(=O)C3CCCCCN3C)cc2c1C. The number of fused-ring (bicyclic) bond motifs is 1. The van der Waals surface area contributed by atoms with Gasteiger partial charge in [-0.1, -0.05) is 25.8 Å². The molecule has 3 rings (SSSR count). The van der Waals surface area contributed by atoms with E-state index in [-0.39, 0.29) is 11.9 Å². The summed E-state index contributed by atoms with van der Waals surface area (Å²) in [6.07, 6.45) is 5.57. The van der Waals surface area contributed by atoms with Crippen LogP contribution in [0.3, 0.4) is 0 Å². The third-order valence-electron chi connectivity index (χ3n) is 5.37. The van der Waals surface area contributed by atoms with E-state index in [2.05, 4.69) is 54.3 Å². The van der Waals surface area contributed by atoms with Crippen molar-refractivity contribution in [1.82, 2.24) is 15.2 Å². The first-order valence-electron chi connectivity index (χ1n) is 9.18. The van der Waals surface area contributed by atoms with Gasteiger partial charge in [-0.15, -0.1) is 0 Å². The molecule has 1 fully saturated rings. The fraction of sp³-hybridized carbons (Fsp3) is 0.550. The van der Waals surface area contributed by atoms with E-state index in [1.807, 2.05) is 0 Å². The number of aryl methyl sites for hydroxylation is 2. The highest BCUT2D eigenvalue weighted by Crippen LogP contribution is 2.23. The van der Waals surface area contributed by atoms with Gasteiger partial charge in [0, 0.05) is 23.1 Å². The van der Waals surface area contributed by atoms with Crippen LogP contribution in [0, 0.1) is 6.92 Å². The Morgan fingerprint density at radius 1 is 1.33 bits per heavy atom. The number of hydrogen-bond acceptors (Lipinski definition) is 2. The van der Waals surface area contributed by atoms with Gasteiger partial charge in [0.25, 0.3) is 0 Å². The minimum absolute atomic E-state index is 0.0249. The second kappa shape index (κ2) is 7.39. The Labute approximate surface area is 144 Å². The summed E-state index contributed by atoms with van der Waals surface area (Å²) in [5, 5.41) is 4.41. The highest BCUT2D eigenvalue weighted by Gasteiger charge is 2.24. The number of carbonyl (C=O) groups excluding carboxylic acids is 1. The summed E-state index contributed by atoms with van der Waals surface area (Å²) in [6, 6.07) is 6.46. The second-order valence-corrected chi connectivity index (χ2v) is 7.03.